The minimum absolute atomic E-state index is 0.273. The molecule has 0 aliphatic carbocycles. The lowest BCUT2D eigenvalue weighted by Gasteiger charge is -2.27. The summed E-state index contributed by atoms with van der Waals surface area (Å²) < 4.78 is 11.6. The van der Waals surface area contributed by atoms with Crippen molar-refractivity contribution in [2.75, 3.05) is 0 Å². The van der Waals surface area contributed by atoms with Crippen LogP contribution in [0.3, 0.4) is 0 Å². The molecule has 32 heavy (non-hydrogen) atoms. The van der Waals surface area contributed by atoms with Crippen LogP contribution in [0.2, 0.25) is 0 Å². The molecule has 0 fully saturated rings. The lowest BCUT2D eigenvalue weighted by molar-refractivity contribution is -0.0103. The second kappa shape index (κ2) is 14.3. The molecule has 1 aromatic carbocycles. The van der Waals surface area contributed by atoms with Gasteiger partial charge >= 0.3 is 11.9 Å². The molecule has 0 saturated heterocycles. The Kier molecular flexibility index (Phi) is 12.6. The van der Waals surface area contributed by atoms with Gasteiger partial charge in [0.15, 0.2) is 0 Å². The van der Waals surface area contributed by atoms with Crippen LogP contribution < -0.4 is 0 Å². The molecule has 0 aliphatic heterocycles. The highest BCUT2D eigenvalue weighted by molar-refractivity contribution is 6.03. The van der Waals surface area contributed by atoms with E-state index in [1.54, 1.807) is 24.3 Å². The fourth-order valence-electron chi connectivity index (χ4n) is 3.86. The second-order valence-corrected chi connectivity index (χ2v) is 10.2. The van der Waals surface area contributed by atoms with Gasteiger partial charge in [0, 0.05) is 0 Å². The summed E-state index contributed by atoms with van der Waals surface area (Å²) in [6, 6.07) is 6.80. The third-order valence-electron chi connectivity index (χ3n) is 5.87. The van der Waals surface area contributed by atoms with Gasteiger partial charge in [0.1, 0.15) is 11.2 Å². The van der Waals surface area contributed by atoms with E-state index in [-0.39, 0.29) is 11.1 Å². The van der Waals surface area contributed by atoms with Crippen molar-refractivity contribution in [1.82, 2.24) is 0 Å². The maximum atomic E-state index is 12.9. The van der Waals surface area contributed by atoms with Crippen LogP contribution in [0.4, 0.5) is 0 Å². The largest absolute Gasteiger partial charge is 0.456 e. The summed E-state index contributed by atoms with van der Waals surface area (Å²) in [5, 5.41) is 0. The first-order valence-electron chi connectivity index (χ1n) is 12.7. The number of hydrogen-bond donors (Lipinski definition) is 0. The smallest absolute Gasteiger partial charge is 0.339 e. The normalized spacial score (nSPS) is 11.9. The number of esters is 2. The summed E-state index contributed by atoms with van der Waals surface area (Å²) in [6.45, 7) is 12.1. The van der Waals surface area contributed by atoms with Crippen molar-refractivity contribution < 1.29 is 19.1 Å². The van der Waals surface area contributed by atoms with E-state index in [2.05, 4.69) is 13.8 Å². The molecule has 4 nitrogen and oxygen atoms in total. The summed E-state index contributed by atoms with van der Waals surface area (Å²) >= 11 is 0. The fourth-order valence-corrected chi connectivity index (χ4v) is 3.86. The van der Waals surface area contributed by atoms with Crippen LogP contribution in [0.25, 0.3) is 0 Å². The maximum Gasteiger partial charge on any atom is 0.339 e. The van der Waals surface area contributed by atoms with Crippen molar-refractivity contribution >= 4 is 11.9 Å². The van der Waals surface area contributed by atoms with Crippen LogP contribution in [0.15, 0.2) is 24.3 Å². The van der Waals surface area contributed by atoms with E-state index in [1.807, 2.05) is 27.7 Å². The Morgan fingerprint density at radius 1 is 0.625 bits per heavy atom. The van der Waals surface area contributed by atoms with Crippen LogP contribution >= 0.6 is 0 Å². The van der Waals surface area contributed by atoms with Crippen LogP contribution in [0.1, 0.15) is 139 Å². The van der Waals surface area contributed by atoms with Gasteiger partial charge in [0.25, 0.3) is 0 Å². The molecule has 182 valence electrons. The topological polar surface area (TPSA) is 52.6 Å². The molecular weight excluding hydrogens is 400 g/mol. The molecule has 0 amide bonds. The van der Waals surface area contributed by atoms with E-state index in [9.17, 15) is 9.59 Å². The van der Waals surface area contributed by atoms with Gasteiger partial charge in [-0.1, -0.05) is 77.3 Å². The third-order valence-corrected chi connectivity index (χ3v) is 5.87. The molecule has 0 heterocycles. The second-order valence-electron chi connectivity index (χ2n) is 10.2. The number of ether oxygens (including phenoxy) is 2. The van der Waals surface area contributed by atoms with Gasteiger partial charge in [0.05, 0.1) is 11.1 Å². The molecule has 0 N–H and O–H groups in total. The highest BCUT2D eigenvalue weighted by atomic mass is 16.6. The molecule has 0 spiro atoms. The van der Waals surface area contributed by atoms with E-state index >= 15 is 0 Å². The number of hydrogen-bond acceptors (Lipinski definition) is 4. The van der Waals surface area contributed by atoms with Crippen LogP contribution in [0, 0.1) is 0 Å². The SMILES string of the molecule is CCCCCCCC(C)(C)OC(=O)c1ccccc1C(=O)OC(C)(C)CCCCCCC. The average molecular weight is 447 g/mol. The van der Waals surface area contributed by atoms with Crippen molar-refractivity contribution in [3.05, 3.63) is 35.4 Å². The van der Waals surface area contributed by atoms with E-state index in [0.717, 1.165) is 38.5 Å². The maximum absolute atomic E-state index is 12.9. The summed E-state index contributed by atoms with van der Waals surface area (Å²) in [4.78, 5) is 25.9. The lowest BCUT2D eigenvalue weighted by atomic mass is 9.98. The first-order chi connectivity index (χ1) is 15.1. The third kappa shape index (κ3) is 11.2. The molecule has 1 rings (SSSR count). The quantitative estimate of drug-likeness (QED) is 0.189. The van der Waals surface area contributed by atoms with Gasteiger partial charge in [-0.2, -0.15) is 0 Å². The standard InChI is InChI=1S/C28H46O4/c1-7-9-11-13-17-21-27(3,4)31-25(29)23-19-15-16-20-24(23)26(30)32-28(5,6)22-18-14-12-10-8-2/h15-16,19-20H,7-14,17-18,21-22H2,1-6H3. The molecule has 1 aromatic rings. The van der Waals surface area contributed by atoms with Gasteiger partial charge in [-0.15, -0.1) is 0 Å². The first kappa shape index (κ1) is 28.2. The Bertz CT molecular complexity index is 631. The fraction of sp³-hybridized carbons (Fsp3) is 0.714. The summed E-state index contributed by atoms with van der Waals surface area (Å²) in [5.74, 6) is -0.929. The molecule has 0 saturated carbocycles. The molecule has 0 radical (unpaired) electrons. The van der Waals surface area contributed by atoms with Crippen LogP contribution in [-0.4, -0.2) is 23.1 Å². The van der Waals surface area contributed by atoms with Crippen LogP contribution in [-0.2, 0) is 9.47 Å². The predicted octanol–water partition coefficient (Wildman–Crippen LogP) is 8.28. The Morgan fingerprint density at radius 2 is 0.969 bits per heavy atom. The highest BCUT2D eigenvalue weighted by Gasteiger charge is 2.29. The van der Waals surface area contributed by atoms with Crippen molar-refractivity contribution in [2.24, 2.45) is 0 Å². The molecule has 0 bridgehead atoms. The number of rotatable bonds is 16. The first-order valence-corrected chi connectivity index (χ1v) is 12.7. The number of carbonyl (C=O) groups is 2. The monoisotopic (exact) mass is 446 g/mol. The molecule has 0 unspecified atom stereocenters. The minimum Gasteiger partial charge on any atom is -0.456 e. The van der Waals surface area contributed by atoms with E-state index < -0.39 is 23.1 Å². The Morgan fingerprint density at radius 3 is 1.31 bits per heavy atom. The van der Waals surface area contributed by atoms with E-state index in [0.29, 0.717) is 0 Å². The molecule has 0 aromatic heterocycles. The van der Waals surface area contributed by atoms with Crippen LogP contribution in [0.5, 0.6) is 0 Å². The summed E-state index contributed by atoms with van der Waals surface area (Å²) in [6.07, 6.45) is 13.3. The number of unbranched alkanes of at least 4 members (excludes halogenated alkanes) is 8. The average Bonchev–Trinajstić information content (AvgIpc) is 2.72. The van der Waals surface area contributed by atoms with Gasteiger partial charge in [-0.25, -0.2) is 9.59 Å². The van der Waals surface area contributed by atoms with Gasteiger partial charge < -0.3 is 9.47 Å². The Hall–Kier alpha value is -1.84. The van der Waals surface area contributed by atoms with Crippen molar-refractivity contribution in [3.63, 3.8) is 0 Å². The minimum atomic E-state index is -0.571. The lowest BCUT2D eigenvalue weighted by Crippen LogP contribution is -2.31. The van der Waals surface area contributed by atoms with Crippen molar-refractivity contribution in [1.29, 1.82) is 0 Å². The van der Waals surface area contributed by atoms with Gasteiger partial charge in [0.2, 0.25) is 0 Å². The zero-order valence-corrected chi connectivity index (χ0v) is 21.4. The molecule has 0 atom stereocenters. The zero-order valence-electron chi connectivity index (χ0n) is 21.4. The Labute approximate surface area is 196 Å². The molecule has 4 heteroatoms. The van der Waals surface area contributed by atoms with Crippen molar-refractivity contribution in [2.45, 2.75) is 130 Å². The van der Waals surface area contributed by atoms with E-state index in [1.165, 1.54) is 38.5 Å². The Balaban J connectivity index is 2.71. The summed E-state index contributed by atoms with van der Waals surface area (Å²) in [7, 11) is 0. The summed E-state index contributed by atoms with van der Waals surface area (Å²) in [5.41, 5.74) is -0.596. The van der Waals surface area contributed by atoms with Crippen molar-refractivity contribution in [3.8, 4) is 0 Å². The molecule has 0 aliphatic rings. The highest BCUT2D eigenvalue weighted by Crippen LogP contribution is 2.25. The predicted molar refractivity (Wildman–Crippen MR) is 132 cm³/mol. The van der Waals surface area contributed by atoms with Gasteiger partial charge in [-0.3, -0.25) is 0 Å². The molecular formula is C28H46O4. The zero-order chi connectivity index (χ0) is 24.0. The number of carbonyl (C=O) groups excluding carboxylic acids is 2. The van der Waals surface area contributed by atoms with E-state index in [4.69, 9.17) is 9.47 Å². The van der Waals surface area contributed by atoms with Gasteiger partial charge in [-0.05, 0) is 65.5 Å². The number of benzene rings is 1.